The molecule has 1 N–H and O–H groups in total. The van der Waals surface area contributed by atoms with Crippen molar-refractivity contribution in [2.24, 2.45) is 0 Å². The van der Waals surface area contributed by atoms with Gasteiger partial charge in [0.25, 0.3) is 0 Å². The summed E-state index contributed by atoms with van der Waals surface area (Å²) in [5.74, 6) is 1.30. The standard InChI is InChI=1S/C12H18N2O2S2/c1-3-18(16)7-5-14-11(10-4-6-17-8-10)13-9(2)12(14)15/h4,6,8-9,11,13H,3,5,7H2,1-2H3. The van der Waals surface area contributed by atoms with Crippen LogP contribution in [0.4, 0.5) is 0 Å². The SMILES string of the molecule is CCS(=O)CCN1C(=O)C(C)NC1c1ccsc1. The van der Waals surface area contributed by atoms with Crippen molar-refractivity contribution in [2.45, 2.75) is 26.1 Å². The fourth-order valence-electron chi connectivity index (χ4n) is 2.06. The Morgan fingerprint density at radius 3 is 2.94 bits per heavy atom. The van der Waals surface area contributed by atoms with E-state index in [4.69, 9.17) is 0 Å². The molecule has 0 spiro atoms. The summed E-state index contributed by atoms with van der Waals surface area (Å²) in [6, 6.07) is 1.86. The van der Waals surface area contributed by atoms with Gasteiger partial charge < -0.3 is 4.90 Å². The second-order valence-corrected chi connectivity index (χ2v) is 6.96. The first-order valence-corrected chi connectivity index (χ1v) is 8.50. The molecule has 0 saturated carbocycles. The lowest BCUT2D eigenvalue weighted by Crippen LogP contribution is -2.34. The molecule has 2 rings (SSSR count). The lowest BCUT2D eigenvalue weighted by Gasteiger charge is -2.23. The van der Waals surface area contributed by atoms with E-state index in [9.17, 15) is 9.00 Å². The molecular weight excluding hydrogens is 268 g/mol. The Balaban J connectivity index is 2.08. The normalized spacial score (nSPS) is 25.7. The number of hydrogen-bond acceptors (Lipinski definition) is 4. The summed E-state index contributed by atoms with van der Waals surface area (Å²) in [4.78, 5) is 13.9. The second kappa shape index (κ2) is 5.95. The highest BCUT2D eigenvalue weighted by Crippen LogP contribution is 2.26. The Labute approximate surface area is 114 Å². The first kappa shape index (κ1) is 13.7. The van der Waals surface area contributed by atoms with Crippen molar-refractivity contribution in [1.82, 2.24) is 10.2 Å². The summed E-state index contributed by atoms with van der Waals surface area (Å²) in [6.07, 6.45) is -0.0624. The van der Waals surface area contributed by atoms with Crippen molar-refractivity contribution in [1.29, 1.82) is 0 Å². The second-order valence-electron chi connectivity index (χ2n) is 4.31. The Morgan fingerprint density at radius 2 is 2.33 bits per heavy atom. The molecule has 100 valence electrons. The molecule has 1 fully saturated rings. The van der Waals surface area contributed by atoms with Gasteiger partial charge in [-0.25, -0.2) is 0 Å². The third kappa shape index (κ3) is 2.81. The lowest BCUT2D eigenvalue weighted by molar-refractivity contribution is -0.129. The highest BCUT2D eigenvalue weighted by molar-refractivity contribution is 7.84. The monoisotopic (exact) mass is 286 g/mol. The molecule has 18 heavy (non-hydrogen) atoms. The molecule has 0 aromatic carbocycles. The van der Waals surface area contributed by atoms with Gasteiger partial charge in [-0.2, -0.15) is 11.3 Å². The largest absolute Gasteiger partial charge is 0.321 e. The first-order chi connectivity index (χ1) is 8.63. The van der Waals surface area contributed by atoms with Crippen LogP contribution in [-0.2, 0) is 15.6 Å². The number of carbonyl (C=O) groups is 1. The van der Waals surface area contributed by atoms with E-state index in [1.807, 2.05) is 30.7 Å². The van der Waals surface area contributed by atoms with Gasteiger partial charge in [-0.3, -0.25) is 14.3 Å². The van der Waals surface area contributed by atoms with Crippen LogP contribution in [0.5, 0.6) is 0 Å². The molecular formula is C12H18N2O2S2. The highest BCUT2D eigenvalue weighted by Gasteiger charge is 2.36. The molecule has 3 atom stereocenters. The van der Waals surface area contributed by atoms with E-state index >= 15 is 0 Å². The van der Waals surface area contributed by atoms with Crippen LogP contribution in [0.3, 0.4) is 0 Å². The van der Waals surface area contributed by atoms with Crippen LogP contribution in [0.1, 0.15) is 25.6 Å². The van der Waals surface area contributed by atoms with Gasteiger partial charge in [0.1, 0.15) is 6.17 Å². The summed E-state index contributed by atoms with van der Waals surface area (Å²) in [5.41, 5.74) is 1.11. The van der Waals surface area contributed by atoms with E-state index in [0.717, 1.165) is 5.56 Å². The van der Waals surface area contributed by atoms with Gasteiger partial charge in [0.15, 0.2) is 0 Å². The number of rotatable bonds is 5. The number of thiophene rings is 1. The van der Waals surface area contributed by atoms with Gasteiger partial charge in [-0.1, -0.05) is 6.92 Å². The summed E-state index contributed by atoms with van der Waals surface area (Å²) < 4.78 is 11.5. The van der Waals surface area contributed by atoms with E-state index in [0.29, 0.717) is 18.1 Å². The number of nitrogens with zero attached hydrogens (tertiary/aromatic N) is 1. The number of nitrogens with one attached hydrogen (secondary N) is 1. The van der Waals surface area contributed by atoms with E-state index in [2.05, 4.69) is 5.32 Å². The molecule has 4 nitrogen and oxygen atoms in total. The van der Waals surface area contributed by atoms with E-state index < -0.39 is 10.8 Å². The van der Waals surface area contributed by atoms with Crippen molar-refractivity contribution >= 4 is 28.0 Å². The number of hydrogen-bond donors (Lipinski definition) is 1. The summed E-state index contributed by atoms with van der Waals surface area (Å²) in [7, 11) is -0.830. The molecule has 0 bridgehead atoms. The van der Waals surface area contributed by atoms with Crippen molar-refractivity contribution in [2.75, 3.05) is 18.1 Å². The van der Waals surface area contributed by atoms with Crippen molar-refractivity contribution < 1.29 is 9.00 Å². The molecule has 6 heteroatoms. The van der Waals surface area contributed by atoms with Crippen LogP contribution in [0, 0.1) is 0 Å². The van der Waals surface area contributed by atoms with Gasteiger partial charge in [-0.15, -0.1) is 0 Å². The number of amides is 1. The smallest absolute Gasteiger partial charge is 0.241 e. The molecule has 0 aliphatic carbocycles. The summed E-state index contributed by atoms with van der Waals surface area (Å²) >= 11 is 1.62. The molecule has 1 saturated heterocycles. The topological polar surface area (TPSA) is 49.4 Å². The average Bonchev–Trinajstić information content (AvgIpc) is 2.97. The minimum atomic E-state index is -0.830. The average molecular weight is 286 g/mol. The maximum atomic E-state index is 12.1. The first-order valence-electron chi connectivity index (χ1n) is 6.07. The Morgan fingerprint density at radius 1 is 1.56 bits per heavy atom. The predicted octanol–water partition coefficient (Wildman–Crippen LogP) is 1.34. The zero-order chi connectivity index (χ0) is 13.1. The van der Waals surface area contributed by atoms with Gasteiger partial charge >= 0.3 is 0 Å². The molecule has 2 heterocycles. The van der Waals surface area contributed by atoms with Crippen molar-refractivity contribution in [3.63, 3.8) is 0 Å². The zero-order valence-corrected chi connectivity index (χ0v) is 12.2. The molecule has 1 aromatic rings. The predicted molar refractivity (Wildman–Crippen MR) is 74.9 cm³/mol. The maximum absolute atomic E-state index is 12.1. The van der Waals surface area contributed by atoms with Crippen LogP contribution in [0.25, 0.3) is 0 Å². The van der Waals surface area contributed by atoms with Crippen LogP contribution in [0.15, 0.2) is 16.8 Å². The fraction of sp³-hybridized carbons (Fsp3) is 0.583. The third-order valence-electron chi connectivity index (χ3n) is 3.11. The van der Waals surface area contributed by atoms with Gasteiger partial charge in [-0.05, 0) is 29.3 Å². The lowest BCUT2D eigenvalue weighted by atomic mass is 10.2. The summed E-state index contributed by atoms with van der Waals surface area (Å²) in [5, 5.41) is 7.34. The Kier molecular flexibility index (Phi) is 4.53. The van der Waals surface area contributed by atoms with Gasteiger partial charge in [0, 0.05) is 28.9 Å². The minimum absolute atomic E-state index is 0.0624. The summed E-state index contributed by atoms with van der Waals surface area (Å²) in [6.45, 7) is 4.33. The van der Waals surface area contributed by atoms with Crippen LogP contribution < -0.4 is 5.32 Å². The Hall–Kier alpha value is -0.720. The van der Waals surface area contributed by atoms with Crippen molar-refractivity contribution in [3.05, 3.63) is 22.4 Å². The van der Waals surface area contributed by atoms with E-state index in [-0.39, 0.29) is 18.1 Å². The molecule has 1 aromatic heterocycles. The van der Waals surface area contributed by atoms with E-state index in [1.54, 1.807) is 16.2 Å². The third-order valence-corrected chi connectivity index (χ3v) is 5.10. The van der Waals surface area contributed by atoms with Gasteiger partial charge in [0.2, 0.25) is 5.91 Å². The molecule has 1 aliphatic heterocycles. The maximum Gasteiger partial charge on any atom is 0.241 e. The van der Waals surface area contributed by atoms with Crippen LogP contribution >= 0.6 is 11.3 Å². The fourth-order valence-corrected chi connectivity index (χ4v) is 3.43. The quantitative estimate of drug-likeness (QED) is 0.888. The van der Waals surface area contributed by atoms with Crippen LogP contribution in [-0.4, -0.2) is 39.1 Å². The van der Waals surface area contributed by atoms with Crippen molar-refractivity contribution in [3.8, 4) is 0 Å². The molecule has 0 radical (unpaired) electrons. The zero-order valence-electron chi connectivity index (χ0n) is 10.6. The molecule has 1 aliphatic rings. The van der Waals surface area contributed by atoms with E-state index in [1.165, 1.54) is 0 Å². The molecule has 3 unspecified atom stereocenters. The Bertz CT molecular complexity index is 433. The number of carbonyl (C=O) groups excluding carboxylic acids is 1. The molecule has 1 amide bonds. The van der Waals surface area contributed by atoms with Crippen LogP contribution in [0.2, 0.25) is 0 Å². The highest BCUT2D eigenvalue weighted by atomic mass is 32.2. The van der Waals surface area contributed by atoms with Gasteiger partial charge in [0.05, 0.1) is 6.04 Å². The minimum Gasteiger partial charge on any atom is -0.321 e.